The molecule has 0 aromatic heterocycles. The van der Waals surface area contributed by atoms with Crippen LogP contribution in [0.1, 0.15) is 25.7 Å². The van der Waals surface area contributed by atoms with Crippen LogP contribution < -0.4 is 10.5 Å². The Labute approximate surface area is 125 Å². The normalized spacial score (nSPS) is 17.0. The minimum absolute atomic E-state index is 0.201. The van der Waals surface area contributed by atoms with Crippen LogP contribution in [0.3, 0.4) is 0 Å². The van der Waals surface area contributed by atoms with Crippen LogP contribution >= 0.6 is 0 Å². The summed E-state index contributed by atoms with van der Waals surface area (Å²) < 4.78 is 5.54. The molecule has 1 amide bonds. The maximum Gasteiger partial charge on any atom is 0.231 e. The molecule has 0 aliphatic heterocycles. The largest absolute Gasteiger partial charge is 0.491 e. The number of aliphatic hydroxyl groups is 1. The number of hydrogen-bond acceptors (Lipinski definition) is 4. The zero-order chi connectivity index (χ0) is 15.1. The van der Waals surface area contributed by atoms with Gasteiger partial charge in [0, 0.05) is 12.6 Å². The van der Waals surface area contributed by atoms with Gasteiger partial charge >= 0.3 is 0 Å². The predicted octanol–water partition coefficient (Wildman–Crippen LogP) is 1.16. The molecule has 0 saturated heterocycles. The molecule has 1 saturated carbocycles. The van der Waals surface area contributed by atoms with E-state index >= 15 is 0 Å². The van der Waals surface area contributed by atoms with Gasteiger partial charge in [-0.3, -0.25) is 9.69 Å². The number of benzene rings is 1. The maximum atomic E-state index is 11.2. The van der Waals surface area contributed by atoms with Crippen molar-refractivity contribution >= 4 is 5.91 Å². The first-order valence-corrected chi connectivity index (χ1v) is 7.53. The number of primary amides is 1. The summed E-state index contributed by atoms with van der Waals surface area (Å²) in [5.41, 5.74) is 5.31. The van der Waals surface area contributed by atoms with Crippen LogP contribution in [0.2, 0.25) is 0 Å². The molecule has 116 valence electrons. The van der Waals surface area contributed by atoms with Gasteiger partial charge < -0.3 is 15.6 Å². The molecule has 1 aromatic carbocycles. The molecule has 5 heteroatoms. The molecule has 1 fully saturated rings. The molecule has 1 aliphatic carbocycles. The zero-order valence-electron chi connectivity index (χ0n) is 12.3. The monoisotopic (exact) mass is 292 g/mol. The molecule has 21 heavy (non-hydrogen) atoms. The number of carbonyl (C=O) groups is 1. The summed E-state index contributed by atoms with van der Waals surface area (Å²) in [6, 6.07) is 9.75. The molecule has 0 radical (unpaired) electrons. The van der Waals surface area contributed by atoms with E-state index < -0.39 is 6.10 Å². The van der Waals surface area contributed by atoms with Crippen molar-refractivity contribution in [2.24, 2.45) is 5.73 Å². The number of carbonyl (C=O) groups excluding carboxylic acids is 1. The highest BCUT2D eigenvalue weighted by Gasteiger charge is 2.25. The van der Waals surface area contributed by atoms with E-state index in [9.17, 15) is 9.90 Å². The highest BCUT2D eigenvalue weighted by Crippen LogP contribution is 2.23. The number of rotatable bonds is 8. The lowest BCUT2D eigenvalue weighted by Gasteiger charge is -2.29. The first-order chi connectivity index (χ1) is 10.1. The van der Waals surface area contributed by atoms with Gasteiger partial charge in [-0.1, -0.05) is 31.0 Å². The van der Waals surface area contributed by atoms with Gasteiger partial charge in [0.05, 0.1) is 6.54 Å². The van der Waals surface area contributed by atoms with Crippen LogP contribution in [-0.2, 0) is 4.79 Å². The quantitative estimate of drug-likeness (QED) is 0.754. The number of nitrogens with zero attached hydrogens (tertiary/aromatic N) is 1. The Morgan fingerprint density at radius 3 is 2.62 bits per heavy atom. The third kappa shape index (κ3) is 5.36. The SMILES string of the molecule is NC(=O)CN(CC(O)COc1ccccc1)C1CCCC1. The molecule has 1 aromatic rings. The number of nitrogens with two attached hydrogens (primary N) is 1. The maximum absolute atomic E-state index is 11.2. The molecule has 3 N–H and O–H groups in total. The molecule has 0 bridgehead atoms. The van der Waals surface area contributed by atoms with E-state index in [0.717, 1.165) is 18.6 Å². The Bertz CT molecular complexity index is 432. The third-order valence-electron chi connectivity index (χ3n) is 3.83. The lowest BCUT2D eigenvalue weighted by molar-refractivity contribution is -0.120. The Morgan fingerprint density at radius 2 is 2.00 bits per heavy atom. The van der Waals surface area contributed by atoms with Crippen molar-refractivity contribution in [3.05, 3.63) is 30.3 Å². The Kier molecular flexibility index (Phi) is 6.02. The van der Waals surface area contributed by atoms with Crippen LogP contribution in [0.5, 0.6) is 5.75 Å². The van der Waals surface area contributed by atoms with Gasteiger partial charge in [0.1, 0.15) is 18.5 Å². The zero-order valence-corrected chi connectivity index (χ0v) is 12.3. The van der Waals surface area contributed by atoms with Crippen molar-refractivity contribution in [2.45, 2.75) is 37.8 Å². The van der Waals surface area contributed by atoms with Gasteiger partial charge in [-0.2, -0.15) is 0 Å². The lowest BCUT2D eigenvalue weighted by Crippen LogP contribution is -2.45. The summed E-state index contributed by atoms with van der Waals surface area (Å²) in [5.74, 6) is 0.386. The molecule has 0 spiro atoms. The van der Waals surface area contributed by atoms with E-state index in [1.54, 1.807) is 0 Å². The van der Waals surface area contributed by atoms with Crippen LogP contribution in [-0.4, -0.2) is 47.8 Å². The fourth-order valence-electron chi connectivity index (χ4n) is 2.84. The Hall–Kier alpha value is -1.59. The fourth-order valence-corrected chi connectivity index (χ4v) is 2.84. The van der Waals surface area contributed by atoms with Gasteiger partial charge in [0.15, 0.2) is 0 Å². The summed E-state index contributed by atoms with van der Waals surface area (Å²) >= 11 is 0. The molecule has 5 nitrogen and oxygen atoms in total. The fraction of sp³-hybridized carbons (Fsp3) is 0.562. The van der Waals surface area contributed by atoms with Crippen molar-refractivity contribution in [3.8, 4) is 5.75 Å². The van der Waals surface area contributed by atoms with Crippen molar-refractivity contribution in [1.29, 1.82) is 0 Å². The second-order valence-electron chi connectivity index (χ2n) is 5.61. The molecular weight excluding hydrogens is 268 g/mol. The van der Waals surface area contributed by atoms with Crippen molar-refractivity contribution in [3.63, 3.8) is 0 Å². The van der Waals surface area contributed by atoms with E-state index in [2.05, 4.69) is 0 Å². The highest BCUT2D eigenvalue weighted by atomic mass is 16.5. The third-order valence-corrected chi connectivity index (χ3v) is 3.83. The van der Waals surface area contributed by atoms with Crippen LogP contribution in [0, 0.1) is 0 Å². The molecule has 1 aliphatic rings. The summed E-state index contributed by atoms with van der Waals surface area (Å²) in [5, 5.41) is 10.1. The Morgan fingerprint density at radius 1 is 1.33 bits per heavy atom. The van der Waals surface area contributed by atoms with Gasteiger partial charge in [-0.15, -0.1) is 0 Å². The average Bonchev–Trinajstić information content (AvgIpc) is 2.99. The molecule has 1 unspecified atom stereocenters. The second kappa shape index (κ2) is 8.00. The minimum atomic E-state index is -0.634. The van der Waals surface area contributed by atoms with Crippen molar-refractivity contribution < 1.29 is 14.6 Å². The van der Waals surface area contributed by atoms with E-state index in [0.29, 0.717) is 12.6 Å². The number of amides is 1. The summed E-state index contributed by atoms with van der Waals surface area (Å²) in [7, 11) is 0. The number of hydrogen-bond donors (Lipinski definition) is 2. The standard InChI is InChI=1S/C16H24N2O3/c17-16(20)11-18(13-6-4-5-7-13)10-14(19)12-21-15-8-2-1-3-9-15/h1-3,8-9,13-14,19H,4-7,10-12H2,(H2,17,20). The van der Waals surface area contributed by atoms with Gasteiger partial charge in [0.25, 0.3) is 0 Å². The second-order valence-corrected chi connectivity index (χ2v) is 5.61. The average molecular weight is 292 g/mol. The van der Waals surface area contributed by atoms with Crippen LogP contribution in [0.15, 0.2) is 30.3 Å². The topological polar surface area (TPSA) is 75.8 Å². The first kappa shape index (κ1) is 15.8. The lowest BCUT2D eigenvalue weighted by atomic mass is 10.2. The van der Waals surface area contributed by atoms with Crippen molar-refractivity contribution in [2.75, 3.05) is 19.7 Å². The van der Waals surface area contributed by atoms with Crippen LogP contribution in [0.4, 0.5) is 0 Å². The molecule has 1 atom stereocenters. The van der Waals surface area contributed by atoms with Gasteiger partial charge in [0.2, 0.25) is 5.91 Å². The van der Waals surface area contributed by atoms with Crippen LogP contribution in [0.25, 0.3) is 0 Å². The first-order valence-electron chi connectivity index (χ1n) is 7.53. The van der Waals surface area contributed by atoms with E-state index in [-0.39, 0.29) is 19.1 Å². The van der Waals surface area contributed by atoms with E-state index in [1.807, 2.05) is 35.2 Å². The van der Waals surface area contributed by atoms with Crippen molar-refractivity contribution in [1.82, 2.24) is 4.90 Å². The minimum Gasteiger partial charge on any atom is -0.491 e. The molecule has 0 heterocycles. The van der Waals surface area contributed by atoms with E-state index in [1.165, 1.54) is 12.8 Å². The van der Waals surface area contributed by atoms with E-state index in [4.69, 9.17) is 10.5 Å². The molecule has 2 rings (SSSR count). The number of para-hydroxylation sites is 1. The predicted molar refractivity (Wildman–Crippen MR) is 81.0 cm³/mol. The van der Waals surface area contributed by atoms with Gasteiger partial charge in [-0.25, -0.2) is 0 Å². The molecular formula is C16H24N2O3. The Balaban J connectivity index is 1.82. The number of aliphatic hydroxyl groups excluding tert-OH is 1. The summed E-state index contributed by atoms with van der Waals surface area (Å²) in [6.45, 7) is 0.833. The van der Waals surface area contributed by atoms with Gasteiger partial charge in [-0.05, 0) is 25.0 Å². The summed E-state index contributed by atoms with van der Waals surface area (Å²) in [4.78, 5) is 13.2. The summed E-state index contributed by atoms with van der Waals surface area (Å²) in [6.07, 6.45) is 3.86. The highest BCUT2D eigenvalue weighted by molar-refractivity contribution is 5.75. The number of ether oxygens (including phenoxy) is 1. The smallest absolute Gasteiger partial charge is 0.231 e.